The average molecular weight is 278 g/mol. The van der Waals surface area contributed by atoms with Gasteiger partial charge in [-0.25, -0.2) is 0 Å². The largest absolute Gasteiger partial charge is 0.494 e. The number of rotatable bonds is 7. The second-order valence-corrected chi connectivity index (χ2v) is 4.25. The van der Waals surface area contributed by atoms with Crippen LogP contribution in [0.2, 0.25) is 0 Å². The summed E-state index contributed by atoms with van der Waals surface area (Å²) >= 11 is 0. The van der Waals surface area contributed by atoms with Crippen LogP contribution in [-0.2, 0) is 9.59 Å². The molecule has 0 aliphatic heterocycles. The summed E-state index contributed by atoms with van der Waals surface area (Å²) in [6, 6.07) is 7.08. The molecule has 2 amide bonds. The fourth-order valence-corrected chi connectivity index (χ4v) is 1.83. The summed E-state index contributed by atoms with van der Waals surface area (Å²) in [6.45, 7) is 7.54. The summed E-state index contributed by atoms with van der Waals surface area (Å²) in [5.74, 6) is 0.300. The zero-order valence-corrected chi connectivity index (χ0v) is 12.3. The van der Waals surface area contributed by atoms with Gasteiger partial charge in [-0.3, -0.25) is 9.59 Å². The van der Waals surface area contributed by atoms with Gasteiger partial charge in [0.1, 0.15) is 12.2 Å². The number of anilines is 1. The molecule has 1 aromatic rings. The molecule has 110 valence electrons. The topological polar surface area (TPSA) is 58.6 Å². The van der Waals surface area contributed by atoms with E-state index in [1.54, 1.807) is 29.2 Å². The number of amides is 2. The Morgan fingerprint density at radius 2 is 1.70 bits per heavy atom. The van der Waals surface area contributed by atoms with Gasteiger partial charge in [-0.1, -0.05) is 0 Å². The molecule has 0 fully saturated rings. The van der Waals surface area contributed by atoms with Gasteiger partial charge < -0.3 is 15.0 Å². The summed E-state index contributed by atoms with van der Waals surface area (Å²) in [5, 5.41) is 2.70. The fourth-order valence-electron chi connectivity index (χ4n) is 1.83. The third kappa shape index (κ3) is 4.91. The second-order valence-electron chi connectivity index (χ2n) is 4.25. The number of nitrogens with zero attached hydrogens (tertiary/aromatic N) is 1. The van der Waals surface area contributed by atoms with Gasteiger partial charge in [-0.05, 0) is 45.0 Å². The molecule has 0 aromatic heterocycles. The molecule has 5 nitrogen and oxygen atoms in total. The third-order valence-corrected chi connectivity index (χ3v) is 2.88. The maximum absolute atomic E-state index is 11.8. The second kappa shape index (κ2) is 8.19. The van der Waals surface area contributed by atoms with Crippen LogP contribution in [-0.4, -0.2) is 36.4 Å². The van der Waals surface area contributed by atoms with Crippen LogP contribution < -0.4 is 10.1 Å². The Hall–Kier alpha value is -2.04. The van der Waals surface area contributed by atoms with Crippen LogP contribution in [0.15, 0.2) is 24.3 Å². The SMILES string of the molecule is CCOc1ccc(NC(=O)CC(=O)N(CC)CC)cc1. The molecule has 0 spiro atoms. The highest BCUT2D eigenvalue weighted by Gasteiger charge is 2.14. The molecule has 0 bridgehead atoms. The van der Waals surface area contributed by atoms with E-state index in [0.717, 1.165) is 5.75 Å². The van der Waals surface area contributed by atoms with Crippen LogP contribution >= 0.6 is 0 Å². The Bertz CT molecular complexity index is 439. The number of hydrogen-bond donors (Lipinski definition) is 1. The predicted molar refractivity (Wildman–Crippen MR) is 78.8 cm³/mol. The zero-order chi connectivity index (χ0) is 15.0. The molecule has 20 heavy (non-hydrogen) atoms. The van der Waals surface area contributed by atoms with E-state index in [1.807, 2.05) is 20.8 Å². The molecule has 0 aliphatic carbocycles. The Labute approximate surface area is 119 Å². The van der Waals surface area contributed by atoms with E-state index in [2.05, 4.69) is 5.32 Å². The van der Waals surface area contributed by atoms with Gasteiger partial charge in [0.05, 0.1) is 6.61 Å². The van der Waals surface area contributed by atoms with Crippen molar-refractivity contribution in [3.63, 3.8) is 0 Å². The summed E-state index contributed by atoms with van der Waals surface area (Å²) in [7, 11) is 0. The Morgan fingerprint density at radius 3 is 2.20 bits per heavy atom. The van der Waals surface area contributed by atoms with E-state index in [4.69, 9.17) is 4.74 Å². The van der Waals surface area contributed by atoms with E-state index in [0.29, 0.717) is 25.4 Å². The van der Waals surface area contributed by atoms with Crippen molar-refractivity contribution in [3.05, 3.63) is 24.3 Å². The molecule has 1 rings (SSSR count). The lowest BCUT2D eigenvalue weighted by atomic mass is 10.2. The highest BCUT2D eigenvalue weighted by Crippen LogP contribution is 2.15. The molecular weight excluding hydrogens is 256 g/mol. The lowest BCUT2D eigenvalue weighted by Gasteiger charge is -2.18. The number of benzene rings is 1. The zero-order valence-electron chi connectivity index (χ0n) is 12.3. The third-order valence-electron chi connectivity index (χ3n) is 2.88. The summed E-state index contributed by atoms with van der Waals surface area (Å²) in [6.07, 6.45) is -0.130. The maximum atomic E-state index is 11.8. The molecule has 0 saturated carbocycles. The summed E-state index contributed by atoms with van der Waals surface area (Å²) in [4.78, 5) is 25.2. The monoisotopic (exact) mass is 278 g/mol. The minimum atomic E-state index is -0.300. The normalized spacial score (nSPS) is 9.95. The van der Waals surface area contributed by atoms with Crippen LogP contribution in [0.4, 0.5) is 5.69 Å². The first-order chi connectivity index (χ1) is 9.60. The molecule has 1 N–H and O–H groups in total. The van der Waals surface area contributed by atoms with Crippen molar-refractivity contribution >= 4 is 17.5 Å². The lowest BCUT2D eigenvalue weighted by Crippen LogP contribution is -2.33. The number of carbonyl (C=O) groups excluding carboxylic acids is 2. The predicted octanol–water partition coefficient (Wildman–Crippen LogP) is 2.28. The van der Waals surface area contributed by atoms with Gasteiger partial charge >= 0.3 is 0 Å². The fraction of sp³-hybridized carbons (Fsp3) is 0.467. The smallest absolute Gasteiger partial charge is 0.233 e. The number of ether oxygens (including phenoxy) is 1. The van der Waals surface area contributed by atoms with Crippen molar-refractivity contribution in [2.75, 3.05) is 25.0 Å². The molecule has 0 aliphatic rings. The number of carbonyl (C=O) groups is 2. The van der Waals surface area contributed by atoms with E-state index >= 15 is 0 Å². The summed E-state index contributed by atoms with van der Waals surface area (Å²) in [5.41, 5.74) is 0.658. The van der Waals surface area contributed by atoms with Crippen molar-refractivity contribution in [1.29, 1.82) is 0 Å². The van der Waals surface area contributed by atoms with E-state index in [9.17, 15) is 9.59 Å². The lowest BCUT2D eigenvalue weighted by molar-refractivity contribution is -0.134. The van der Waals surface area contributed by atoms with Crippen LogP contribution in [0.1, 0.15) is 27.2 Å². The van der Waals surface area contributed by atoms with Crippen molar-refractivity contribution in [3.8, 4) is 5.75 Å². The minimum Gasteiger partial charge on any atom is -0.494 e. The molecule has 1 aromatic carbocycles. The minimum absolute atomic E-state index is 0.130. The quantitative estimate of drug-likeness (QED) is 0.778. The van der Waals surface area contributed by atoms with Gasteiger partial charge in [0.25, 0.3) is 0 Å². The van der Waals surface area contributed by atoms with Gasteiger partial charge in [0, 0.05) is 18.8 Å². The average Bonchev–Trinajstić information content (AvgIpc) is 2.42. The van der Waals surface area contributed by atoms with Crippen LogP contribution in [0, 0.1) is 0 Å². The Balaban J connectivity index is 2.51. The number of nitrogens with one attached hydrogen (secondary N) is 1. The maximum Gasteiger partial charge on any atom is 0.233 e. The molecule has 0 unspecified atom stereocenters. The van der Waals surface area contributed by atoms with Gasteiger partial charge in [-0.15, -0.1) is 0 Å². The van der Waals surface area contributed by atoms with Gasteiger partial charge in [-0.2, -0.15) is 0 Å². The highest BCUT2D eigenvalue weighted by atomic mass is 16.5. The molecule has 0 heterocycles. The first-order valence-corrected chi connectivity index (χ1v) is 6.91. The van der Waals surface area contributed by atoms with Crippen LogP contribution in [0.25, 0.3) is 0 Å². The van der Waals surface area contributed by atoms with Crippen molar-refractivity contribution in [1.82, 2.24) is 4.90 Å². The highest BCUT2D eigenvalue weighted by molar-refractivity contribution is 6.03. The van der Waals surface area contributed by atoms with E-state index in [-0.39, 0.29) is 18.2 Å². The van der Waals surface area contributed by atoms with Crippen LogP contribution in [0.3, 0.4) is 0 Å². The first kappa shape index (κ1) is 16.0. The molecule has 0 saturated heterocycles. The molecule has 0 radical (unpaired) electrons. The van der Waals surface area contributed by atoms with E-state index < -0.39 is 0 Å². The van der Waals surface area contributed by atoms with E-state index in [1.165, 1.54) is 0 Å². The van der Waals surface area contributed by atoms with Crippen molar-refractivity contribution in [2.24, 2.45) is 0 Å². The summed E-state index contributed by atoms with van der Waals surface area (Å²) < 4.78 is 5.32. The van der Waals surface area contributed by atoms with Gasteiger partial charge in [0.2, 0.25) is 11.8 Å². The Kier molecular flexibility index (Phi) is 6.56. The standard InChI is InChI=1S/C15H22N2O3/c1-4-17(5-2)15(19)11-14(18)16-12-7-9-13(10-8-12)20-6-3/h7-10H,4-6,11H2,1-3H3,(H,16,18). The van der Waals surface area contributed by atoms with Crippen molar-refractivity contribution < 1.29 is 14.3 Å². The van der Waals surface area contributed by atoms with Gasteiger partial charge in [0.15, 0.2) is 0 Å². The molecular formula is C15H22N2O3. The molecule has 0 atom stereocenters. The van der Waals surface area contributed by atoms with Crippen LogP contribution in [0.5, 0.6) is 5.75 Å². The Morgan fingerprint density at radius 1 is 1.10 bits per heavy atom. The number of hydrogen-bond acceptors (Lipinski definition) is 3. The molecule has 5 heteroatoms. The first-order valence-electron chi connectivity index (χ1n) is 6.91. The van der Waals surface area contributed by atoms with Crippen molar-refractivity contribution in [2.45, 2.75) is 27.2 Å².